The lowest BCUT2D eigenvalue weighted by Gasteiger charge is -2.04. The second kappa shape index (κ2) is 3.72. The second-order valence-electron chi connectivity index (χ2n) is 3.01. The highest BCUT2D eigenvalue weighted by atomic mass is 32.1. The Kier molecular flexibility index (Phi) is 2.42. The van der Waals surface area contributed by atoms with Crippen molar-refractivity contribution in [1.29, 1.82) is 0 Å². The fourth-order valence-electron chi connectivity index (χ4n) is 1.41. The molecule has 0 N–H and O–H groups in total. The molecule has 0 saturated carbocycles. The van der Waals surface area contributed by atoms with Gasteiger partial charge in [0, 0.05) is 11.3 Å². The molecular weight excluding hydrogens is 164 g/mol. The standard InChI is InChI=1S/C11H12S/c1-2-5-10(6-3-1)9-11-7-4-8-12-11/h2,4-8H,1,3,9H2. The van der Waals surface area contributed by atoms with E-state index in [1.54, 1.807) is 0 Å². The van der Waals surface area contributed by atoms with Gasteiger partial charge in [0.2, 0.25) is 0 Å². The van der Waals surface area contributed by atoms with E-state index < -0.39 is 0 Å². The lowest BCUT2D eigenvalue weighted by atomic mass is 10.0. The molecule has 0 aliphatic heterocycles. The van der Waals surface area contributed by atoms with E-state index >= 15 is 0 Å². The molecule has 0 nitrogen and oxygen atoms in total. The van der Waals surface area contributed by atoms with E-state index in [9.17, 15) is 0 Å². The minimum Gasteiger partial charge on any atom is -0.149 e. The van der Waals surface area contributed by atoms with E-state index in [1.807, 2.05) is 11.3 Å². The van der Waals surface area contributed by atoms with Crippen LogP contribution in [0, 0.1) is 0 Å². The minimum absolute atomic E-state index is 1.12. The summed E-state index contributed by atoms with van der Waals surface area (Å²) < 4.78 is 0. The van der Waals surface area contributed by atoms with Gasteiger partial charge in [-0.3, -0.25) is 0 Å². The highest BCUT2D eigenvalue weighted by molar-refractivity contribution is 7.09. The molecule has 62 valence electrons. The van der Waals surface area contributed by atoms with Crippen LogP contribution in [0.25, 0.3) is 0 Å². The predicted octanol–water partition coefficient (Wildman–Crippen LogP) is 3.57. The summed E-state index contributed by atoms with van der Waals surface area (Å²) in [6.45, 7) is 0. The molecule has 0 amide bonds. The van der Waals surface area contributed by atoms with Crippen LogP contribution in [0.15, 0.2) is 41.3 Å². The van der Waals surface area contributed by atoms with Crippen LogP contribution in [0.3, 0.4) is 0 Å². The van der Waals surface area contributed by atoms with Gasteiger partial charge < -0.3 is 0 Å². The van der Waals surface area contributed by atoms with Gasteiger partial charge in [-0.15, -0.1) is 11.3 Å². The topological polar surface area (TPSA) is 0 Å². The zero-order valence-corrected chi connectivity index (χ0v) is 7.81. The number of rotatable bonds is 2. The van der Waals surface area contributed by atoms with Crippen molar-refractivity contribution >= 4 is 11.3 Å². The Labute approximate surface area is 77.2 Å². The highest BCUT2D eigenvalue weighted by Crippen LogP contribution is 2.18. The summed E-state index contributed by atoms with van der Waals surface area (Å²) in [5, 5.41) is 2.14. The van der Waals surface area contributed by atoms with Crippen molar-refractivity contribution in [3.63, 3.8) is 0 Å². The van der Waals surface area contributed by atoms with Crippen molar-refractivity contribution in [3.8, 4) is 0 Å². The lowest BCUT2D eigenvalue weighted by Crippen LogP contribution is -1.88. The van der Waals surface area contributed by atoms with Gasteiger partial charge in [-0.05, 0) is 29.9 Å². The summed E-state index contributed by atoms with van der Waals surface area (Å²) in [7, 11) is 0. The summed E-state index contributed by atoms with van der Waals surface area (Å²) in [4.78, 5) is 1.47. The Morgan fingerprint density at radius 3 is 3.00 bits per heavy atom. The van der Waals surface area contributed by atoms with Crippen molar-refractivity contribution in [3.05, 3.63) is 46.2 Å². The Bertz CT molecular complexity index is 291. The third-order valence-corrected chi connectivity index (χ3v) is 2.91. The van der Waals surface area contributed by atoms with E-state index in [-0.39, 0.29) is 0 Å². The van der Waals surface area contributed by atoms with Crippen LogP contribution in [0.2, 0.25) is 0 Å². The summed E-state index contributed by atoms with van der Waals surface area (Å²) in [5.41, 5.74) is 1.48. The fourth-order valence-corrected chi connectivity index (χ4v) is 2.15. The number of thiophene rings is 1. The van der Waals surface area contributed by atoms with Gasteiger partial charge in [0.15, 0.2) is 0 Å². The Hall–Kier alpha value is -0.820. The van der Waals surface area contributed by atoms with Crippen LogP contribution in [0.5, 0.6) is 0 Å². The molecule has 0 saturated heterocycles. The van der Waals surface area contributed by atoms with Crippen molar-refractivity contribution in [2.24, 2.45) is 0 Å². The molecule has 0 aromatic carbocycles. The van der Waals surface area contributed by atoms with Gasteiger partial charge in [0.1, 0.15) is 0 Å². The van der Waals surface area contributed by atoms with Crippen molar-refractivity contribution in [2.75, 3.05) is 0 Å². The first-order chi connectivity index (χ1) is 5.95. The molecule has 1 heteroatoms. The number of hydrogen-bond donors (Lipinski definition) is 0. The molecule has 0 radical (unpaired) electrons. The zero-order chi connectivity index (χ0) is 8.23. The normalized spacial score (nSPS) is 16.2. The Balaban J connectivity index is 2.04. The highest BCUT2D eigenvalue weighted by Gasteiger charge is 1.99. The molecule has 0 spiro atoms. The largest absolute Gasteiger partial charge is 0.149 e. The molecule has 0 fully saturated rings. The number of allylic oxidation sites excluding steroid dienone is 4. The maximum absolute atomic E-state index is 2.35. The summed E-state index contributed by atoms with van der Waals surface area (Å²) >= 11 is 1.84. The second-order valence-corrected chi connectivity index (χ2v) is 4.05. The quantitative estimate of drug-likeness (QED) is 0.646. The van der Waals surface area contributed by atoms with Gasteiger partial charge in [-0.2, -0.15) is 0 Å². The van der Waals surface area contributed by atoms with Crippen LogP contribution in [0.4, 0.5) is 0 Å². The van der Waals surface area contributed by atoms with Crippen LogP contribution >= 0.6 is 11.3 Å². The van der Waals surface area contributed by atoms with Gasteiger partial charge in [0.25, 0.3) is 0 Å². The molecule has 1 aliphatic rings. The maximum atomic E-state index is 2.35. The average molecular weight is 176 g/mol. The lowest BCUT2D eigenvalue weighted by molar-refractivity contribution is 0.998. The molecule has 1 aliphatic carbocycles. The SMILES string of the molecule is C1=CC(Cc2cccs2)=CCC1. The van der Waals surface area contributed by atoms with Crippen molar-refractivity contribution in [1.82, 2.24) is 0 Å². The average Bonchev–Trinajstić information content (AvgIpc) is 2.59. The van der Waals surface area contributed by atoms with Crippen LogP contribution < -0.4 is 0 Å². The van der Waals surface area contributed by atoms with Gasteiger partial charge in [-0.1, -0.05) is 24.3 Å². The van der Waals surface area contributed by atoms with E-state index in [4.69, 9.17) is 0 Å². The minimum atomic E-state index is 1.12. The first-order valence-corrected chi connectivity index (χ1v) is 5.21. The van der Waals surface area contributed by atoms with E-state index in [0.717, 1.165) is 6.42 Å². The van der Waals surface area contributed by atoms with E-state index in [0.29, 0.717) is 0 Å². The molecule has 1 aromatic rings. The van der Waals surface area contributed by atoms with Gasteiger partial charge in [0.05, 0.1) is 0 Å². The third kappa shape index (κ3) is 1.86. The summed E-state index contributed by atoms with van der Waals surface area (Å²) in [6.07, 6.45) is 10.4. The summed E-state index contributed by atoms with van der Waals surface area (Å²) in [5.74, 6) is 0. The monoisotopic (exact) mass is 176 g/mol. The number of hydrogen-bond acceptors (Lipinski definition) is 1. The molecule has 0 bridgehead atoms. The smallest absolute Gasteiger partial charge is 0.00889 e. The Morgan fingerprint density at radius 2 is 2.33 bits per heavy atom. The maximum Gasteiger partial charge on any atom is 0.00889 e. The molecular formula is C11H12S. The first kappa shape index (κ1) is 7.81. The molecule has 2 rings (SSSR count). The van der Waals surface area contributed by atoms with Crippen molar-refractivity contribution in [2.45, 2.75) is 19.3 Å². The first-order valence-electron chi connectivity index (χ1n) is 4.33. The van der Waals surface area contributed by atoms with Crippen LogP contribution in [-0.4, -0.2) is 0 Å². The predicted molar refractivity (Wildman–Crippen MR) is 54.5 cm³/mol. The molecule has 1 heterocycles. The van der Waals surface area contributed by atoms with Crippen molar-refractivity contribution < 1.29 is 0 Å². The fraction of sp³-hybridized carbons (Fsp3) is 0.273. The van der Waals surface area contributed by atoms with Crippen LogP contribution in [0.1, 0.15) is 17.7 Å². The molecule has 12 heavy (non-hydrogen) atoms. The van der Waals surface area contributed by atoms with E-state index in [2.05, 4.69) is 35.7 Å². The van der Waals surface area contributed by atoms with Gasteiger partial charge in [-0.25, -0.2) is 0 Å². The Morgan fingerprint density at radius 1 is 1.33 bits per heavy atom. The third-order valence-electron chi connectivity index (χ3n) is 2.03. The summed E-state index contributed by atoms with van der Waals surface area (Å²) in [6, 6.07) is 4.32. The van der Waals surface area contributed by atoms with Gasteiger partial charge >= 0.3 is 0 Å². The molecule has 0 unspecified atom stereocenters. The molecule has 0 atom stereocenters. The zero-order valence-electron chi connectivity index (χ0n) is 6.99. The van der Waals surface area contributed by atoms with Crippen LogP contribution in [-0.2, 0) is 6.42 Å². The van der Waals surface area contributed by atoms with E-state index in [1.165, 1.54) is 23.3 Å². The molecule has 1 aromatic heterocycles.